The van der Waals surface area contributed by atoms with Crippen LogP contribution in [0.1, 0.15) is 11.1 Å². The summed E-state index contributed by atoms with van der Waals surface area (Å²) in [5.74, 6) is -0.735. The molecule has 2 nitrogen and oxygen atoms in total. The van der Waals surface area contributed by atoms with E-state index >= 15 is 0 Å². The van der Waals surface area contributed by atoms with Crippen molar-refractivity contribution in [1.82, 2.24) is 4.98 Å². The number of halogens is 4. The first-order chi connectivity index (χ1) is 8.91. The third-order valence-electron chi connectivity index (χ3n) is 2.48. The smallest absolute Gasteiger partial charge is 0.256 e. The topological polar surface area (TPSA) is 36.7 Å². The van der Waals surface area contributed by atoms with E-state index in [0.717, 1.165) is 18.2 Å². The average molecular weight is 266 g/mol. The molecule has 6 heteroatoms. The minimum Gasteiger partial charge on any atom is -0.256 e. The molecule has 0 fully saturated rings. The molecule has 2 aromatic rings. The lowest BCUT2D eigenvalue weighted by Gasteiger charge is -2.07. The van der Waals surface area contributed by atoms with Crippen LogP contribution in [0.4, 0.5) is 17.6 Å². The fourth-order valence-electron chi connectivity index (χ4n) is 1.50. The van der Waals surface area contributed by atoms with Gasteiger partial charge >= 0.3 is 6.18 Å². The zero-order chi connectivity index (χ0) is 14.0. The van der Waals surface area contributed by atoms with Gasteiger partial charge in [0.2, 0.25) is 0 Å². The second-order valence-electron chi connectivity index (χ2n) is 3.74. The van der Waals surface area contributed by atoms with Crippen molar-refractivity contribution >= 4 is 0 Å². The van der Waals surface area contributed by atoms with Gasteiger partial charge in [0.25, 0.3) is 0 Å². The number of hydrogen-bond acceptors (Lipinski definition) is 2. The summed E-state index contributed by atoms with van der Waals surface area (Å²) in [6.45, 7) is 0. The minimum absolute atomic E-state index is 0.129. The van der Waals surface area contributed by atoms with Crippen LogP contribution >= 0.6 is 0 Å². The predicted molar refractivity (Wildman–Crippen MR) is 59.3 cm³/mol. The zero-order valence-electron chi connectivity index (χ0n) is 9.37. The Morgan fingerprint density at radius 2 is 1.84 bits per heavy atom. The third-order valence-corrected chi connectivity index (χ3v) is 2.48. The molecule has 0 aliphatic heterocycles. The van der Waals surface area contributed by atoms with Crippen LogP contribution in [0.3, 0.4) is 0 Å². The molecular weight excluding hydrogens is 260 g/mol. The van der Waals surface area contributed by atoms with Crippen molar-refractivity contribution in [3.63, 3.8) is 0 Å². The first-order valence-electron chi connectivity index (χ1n) is 5.15. The third kappa shape index (κ3) is 2.71. The Hall–Kier alpha value is -2.42. The summed E-state index contributed by atoms with van der Waals surface area (Å²) in [5, 5.41) is 8.58. The van der Waals surface area contributed by atoms with E-state index in [2.05, 4.69) is 4.98 Å². The van der Waals surface area contributed by atoms with Gasteiger partial charge in [-0.3, -0.25) is 4.98 Å². The van der Waals surface area contributed by atoms with Crippen molar-refractivity contribution in [2.24, 2.45) is 0 Å². The molecule has 1 heterocycles. The average Bonchev–Trinajstić information content (AvgIpc) is 2.38. The van der Waals surface area contributed by atoms with Gasteiger partial charge in [0.05, 0.1) is 16.8 Å². The minimum atomic E-state index is -4.46. The molecule has 0 radical (unpaired) electrons. The van der Waals surface area contributed by atoms with Gasteiger partial charge in [-0.05, 0) is 24.3 Å². The lowest BCUT2D eigenvalue weighted by molar-refractivity contribution is -0.137. The van der Waals surface area contributed by atoms with Gasteiger partial charge in [0.1, 0.15) is 11.9 Å². The zero-order valence-corrected chi connectivity index (χ0v) is 9.37. The van der Waals surface area contributed by atoms with E-state index in [1.165, 1.54) is 12.1 Å². The highest BCUT2D eigenvalue weighted by molar-refractivity contribution is 5.60. The van der Waals surface area contributed by atoms with Gasteiger partial charge in [-0.25, -0.2) is 4.39 Å². The van der Waals surface area contributed by atoms with Crippen LogP contribution in [0.5, 0.6) is 0 Å². The van der Waals surface area contributed by atoms with Gasteiger partial charge in [0, 0.05) is 11.8 Å². The lowest BCUT2D eigenvalue weighted by Crippen LogP contribution is -2.05. The van der Waals surface area contributed by atoms with Crippen LogP contribution in [0.15, 0.2) is 36.5 Å². The molecule has 2 rings (SSSR count). The van der Waals surface area contributed by atoms with Crippen LogP contribution in [0.2, 0.25) is 0 Å². The molecule has 0 N–H and O–H groups in total. The largest absolute Gasteiger partial charge is 0.417 e. The van der Waals surface area contributed by atoms with Crippen LogP contribution < -0.4 is 0 Å². The molecule has 0 amide bonds. The van der Waals surface area contributed by atoms with Gasteiger partial charge in [0.15, 0.2) is 0 Å². The summed E-state index contributed by atoms with van der Waals surface area (Å²) in [4.78, 5) is 3.64. The monoisotopic (exact) mass is 266 g/mol. The maximum absolute atomic E-state index is 13.4. The maximum atomic E-state index is 13.4. The summed E-state index contributed by atoms with van der Waals surface area (Å²) in [7, 11) is 0. The molecule has 0 aliphatic carbocycles. The summed E-state index contributed by atoms with van der Waals surface area (Å²) < 4.78 is 50.4. The standard InChI is InChI=1S/C13H6F4N2/c14-11-5-8(1-2-9(11)6-18)12-4-3-10(7-19-12)13(15,16)17/h1-5,7H. The van der Waals surface area contributed by atoms with Crippen molar-refractivity contribution in [3.05, 3.63) is 53.5 Å². The number of rotatable bonds is 1. The van der Waals surface area contributed by atoms with Gasteiger partial charge < -0.3 is 0 Å². The molecule has 0 aliphatic rings. The second-order valence-corrected chi connectivity index (χ2v) is 3.74. The van der Waals surface area contributed by atoms with Gasteiger partial charge in [-0.15, -0.1) is 0 Å². The summed E-state index contributed by atoms with van der Waals surface area (Å²) in [6.07, 6.45) is -3.77. The molecule has 1 aromatic carbocycles. The Bertz CT molecular complexity index is 639. The van der Waals surface area contributed by atoms with E-state index < -0.39 is 17.6 Å². The maximum Gasteiger partial charge on any atom is 0.417 e. The van der Waals surface area contributed by atoms with E-state index in [4.69, 9.17) is 5.26 Å². The summed E-state index contributed by atoms with van der Waals surface area (Å²) in [6, 6.07) is 7.43. The van der Waals surface area contributed by atoms with Crippen molar-refractivity contribution in [2.45, 2.75) is 6.18 Å². The number of hydrogen-bond donors (Lipinski definition) is 0. The molecule has 96 valence electrons. The Morgan fingerprint density at radius 3 is 2.32 bits per heavy atom. The van der Waals surface area contributed by atoms with E-state index in [1.807, 2.05) is 0 Å². The number of nitrogens with zero attached hydrogens (tertiary/aromatic N) is 2. The highest BCUT2D eigenvalue weighted by atomic mass is 19.4. The molecule has 0 spiro atoms. The number of aromatic nitrogens is 1. The Balaban J connectivity index is 2.38. The second kappa shape index (κ2) is 4.69. The van der Waals surface area contributed by atoms with Crippen LogP contribution in [0, 0.1) is 17.1 Å². The Kier molecular flexibility index (Phi) is 3.21. The van der Waals surface area contributed by atoms with Crippen molar-refractivity contribution in [1.29, 1.82) is 5.26 Å². The fourth-order valence-corrected chi connectivity index (χ4v) is 1.50. The molecule has 0 saturated carbocycles. The first-order valence-corrected chi connectivity index (χ1v) is 5.15. The fraction of sp³-hybridized carbons (Fsp3) is 0.0769. The number of nitriles is 1. The molecule has 0 bridgehead atoms. The Morgan fingerprint density at radius 1 is 1.11 bits per heavy atom. The first kappa shape index (κ1) is 13.0. The molecule has 19 heavy (non-hydrogen) atoms. The molecule has 0 saturated heterocycles. The van der Waals surface area contributed by atoms with E-state index in [1.54, 1.807) is 6.07 Å². The number of alkyl halides is 3. The normalized spacial score (nSPS) is 11.1. The van der Waals surface area contributed by atoms with E-state index in [0.29, 0.717) is 11.8 Å². The predicted octanol–water partition coefficient (Wildman–Crippen LogP) is 3.78. The quantitative estimate of drug-likeness (QED) is 0.736. The van der Waals surface area contributed by atoms with Gasteiger partial charge in [-0.1, -0.05) is 6.07 Å². The SMILES string of the molecule is N#Cc1ccc(-c2ccc(C(F)(F)F)cn2)cc1F. The molecule has 0 unspecified atom stereocenters. The van der Waals surface area contributed by atoms with Crippen molar-refractivity contribution in [2.75, 3.05) is 0 Å². The number of benzene rings is 1. The highest BCUT2D eigenvalue weighted by Gasteiger charge is 2.30. The summed E-state index contributed by atoms with van der Waals surface area (Å²) in [5.41, 5.74) is -0.484. The van der Waals surface area contributed by atoms with Crippen molar-refractivity contribution < 1.29 is 17.6 Å². The highest BCUT2D eigenvalue weighted by Crippen LogP contribution is 2.29. The molecular formula is C13H6F4N2. The summed E-state index contributed by atoms with van der Waals surface area (Å²) >= 11 is 0. The lowest BCUT2D eigenvalue weighted by atomic mass is 10.1. The van der Waals surface area contributed by atoms with Crippen LogP contribution in [0.25, 0.3) is 11.3 Å². The molecule has 1 aromatic heterocycles. The molecule has 0 atom stereocenters. The van der Waals surface area contributed by atoms with Crippen LogP contribution in [-0.2, 0) is 6.18 Å². The van der Waals surface area contributed by atoms with Crippen LogP contribution in [-0.4, -0.2) is 4.98 Å². The van der Waals surface area contributed by atoms with Crippen molar-refractivity contribution in [3.8, 4) is 17.3 Å². The Labute approximate surface area is 105 Å². The van der Waals surface area contributed by atoms with E-state index in [9.17, 15) is 17.6 Å². The van der Waals surface area contributed by atoms with E-state index in [-0.39, 0.29) is 11.3 Å². The number of pyridine rings is 1. The van der Waals surface area contributed by atoms with Gasteiger partial charge in [-0.2, -0.15) is 18.4 Å².